The van der Waals surface area contributed by atoms with E-state index < -0.39 is 0 Å². The molecule has 1 heterocycles. The minimum atomic E-state index is -0.369. The van der Waals surface area contributed by atoms with Gasteiger partial charge in [-0.05, 0) is 96.9 Å². The van der Waals surface area contributed by atoms with Crippen LogP contribution in [0.2, 0.25) is 0 Å². The summed E-state index contributed by atoms with van der Waals surface area (Å²) in [5.41, 5.74) is 4.81. The summed E-state index contributed by atoms with van der Waals surface area (Å²) in [6, 6.07) is 11.9. The molecule has 3 aliphatic rings. The fourth-order valence-electron chi connectivity index (χ4n) is 6.22. The number of benzene rings is 1. The molecule has 0 saturated heterocycles. The van der Waals surface area contributed by atoms with Gasteiger partial charge in [0.25, 0.3) is 0 Å². The second-order valence-corrected chi connectivity index (χ2v) is 8.92. The van der Waals surface area contributed by atoms with Gasteiger partial charge < -0.3 is 10.2 Å². The van der Waals surface area contributed by atoms with E-state index >= 15 is 0 Å². The molecule has 2 aromatic rings. The van der Waals surface area contributed by atoms with E-state index in [0.29, 0.717) is 23.5 Å². The fraction of sp³-hybridized carbons (Fsp3) is 0.458. The van der Waals surface area contributed by atoms with Crippen molar-refractivity contribution in [3.8, 4) is 5.75 Å². The number of nitrogens with zero attached hydrogens (tertiary/aromatic N) is 1. The van der Waals surface area contributed by atoms with Gasteiger partial charge in [-0.3, -0.25) is 4.98 Å². The molecule has 1 aromatic carbocycles. The summed E-state index contributed by atoms with van der Waals surface area (Å²) in [6.07, 6.45) is 8.90. The first-order valence-corrected chi connectivity index (χ1v) is 10.2. The van der Waals surface area contributed by atoms with Gasteiger partial charge in [-0.1, -0.05) is 19.1 Å². The molecule has 3 nitrogen and oxygen atoms in total. The molecular weight excluding hydrogens is 334 g/mol. The maximum Gasteiger partial charge on any atom is 0.115 e. The largest absolute Gasteiger partial charge is 0.508 e. The van der Waals surface area contributed by atoms with Crippen molar-refractivity contribution in [3.05, 3.63) is 65.0 Å². The molecule has 1 aromatic heterocycles. The van der Waals surface area contributed by atoms with Crippen LogP contribution in [0.5, 0.6) is 5.75 Å². The van der Waals surface area contributed by atoms with Gasteiger partial charge in [0.15, 0.2) is 0 Å². The van der Waals surface area contributed by atoms with Crippen LogP contribution in [0.1, 0.15) is 55.3 Å². The SMILES string of the molecule is C[C@]12CC[C@@H]3c4ccc(O)cc4CC[C@H]3[C@@H]1C/C(=C\c1ccccn1)[C@@H]2O. The van der Waals surface area contributed by atoms with Crippen molar-refractivity contribution in [2.24, 2.45) is 17.3 Å². The van der Waals surface area contributed by atoms with Crippen LogP contribution in [-0.4, -0.2) is 21.3 Å². The van der Waals surface area contributed by atoms with Crippen LogP contribution in [0.15, 0.2) is 48.2 Å². The molecule has 3 aliphatic carbocycles. The van der Waals surface area contributed by atoms with Crippen molar-refractivity contribution in [3.63, 3.8) is 0 Å². The Morgan fingerprint density at radius 1 is 1.19 bits per heavy atom. The minimum Gasteiger partial charge on any atom is -0.508 e. The lowest BCUT2D eigenvalue weighted by molar-refractivity contribution is -0.0158. The molecule has 0 amide bonds. The van der Waals surface area contributed by atoms with Crippen LogP contribution >= 0.6 is 0 Å². The highest BCUT2D eigenvalue weighted by Crippen LogP contribution is 2.62. The summed E-state index contributed by atoms with van der Waals surface area (Å²) in [6.45, 7) is 2.30. The Labute approximate surface area is 160 Å². The Bertz CT molecular complexity index is 891. The number of phenolic OH excluding ortho intramolecular Hbond substituents is 1. The molecule has 0 unspecified atom stereocenters. The van der Waals surface area contributed by atoms with Crippen LogP contribution in [0.4, 0.5) is 0 Å². The molecule has 5 rings (SSSR count). The predicted octanol–water partition coefficient (Wildman–Crippen LogP) is 4.70. The standard InChI is InChI=1S/C24H27NO2/c1-24-10-9-20-19-8-6-18(26)13-15(19)5-7-21(20)22(24)14-16(23(24)27)12-17-4-2-3-11-25-17/h2-4,6,8,11-13,20-23,26-27H,5,7,9-10,14H2,1H3/b16-12+/t20-,21-,22+,23+,24+/m1/s1. The van der Waals surface area contributed by atoms with Gasteiger partial charge in [0.1, 0.15) is 5.75 Å². The molecule has 5 atom stereocenters. The third-order valence-electron chi connectivity index (χ3n) is 7.60. The Hall–Kier alpha value is -2.13. The number of aliphatic hydroxyl groups is 1. The molecule has 0 bridgehead atoms. The predicted molar refractivity (Wildman–Crippen MR) is 106 cm³/mol. The molecule has 140 valence electrons. The maximum absolute atomic E-state index is 11.2. The topological polar surface area (TPSA) is 53.4 Å². The Morgan fingerprint density at radius 3 is 2.89 bits per heavy atom. The Kier molecular flexibility index (Phi) is 3.90. The molecule has 0 spiro atoms. The lowest BCUT2D eigenvalue weighted by Crippen LogP contribution is -2.44. The molecule has 2 saturated carbocycles. The maximum atomic E-state index is 11.2. The van der Waals surface area contributed by atoms with E-state index in [1.54, 1.807) is 0 Å². The van der Waals surface area contributed by atoms with Gasteiger partial charge in [-0.15, -0.1) is 0 Å². The molecule has 3 heteroatoms. The third kappa shape index (κ3) is 2.63. The quantitative estimate of drug-likeness (QED) is 0.774. The normalized spacial score (nSPS) is 36.1. The minimum absolute atomic E-state index is 0.0315. The fourth-order valence-corrected chi connectivity index (χ4v) is 6.22. The molecular formula is C24H27NO2. The second kappa shape index (κ2) is 6.20. The van der Waals surface area contributed by atoms with Gasteiger partial charge >= 0.3 is 0 Å². The monoisotopic (exact) mass is 361 g/mol. The van der Waals surface area contributed by atoms with Gasteiger partial charge in [0.2, 0.25) is 0 Å². The molecule has 2 N–H and O–H groups in total. The van der Waals surface area contributed by atoms with Crippen molar-refractivity contribution in [2.45, 2.75) is 51.0 Å². The van der Waals surface area contributed by atoms with Crippen LogP contribution < -0.4 is 0 Å². The summed E-state index contributed by atoms with van der Waals surface area (Å²) < 4.78 is 0. The number of aromatic hydroxyl groups is 1. The van der Waals surface area contributed by atoms with Crippen molar-refractivity contribution in [2.75, 3.05) is 0 Å². The number of phenols is 1. The number of hydrogen-bond donors (Lipinski definition) is 2. The van der Waals surface area contributed by atoms with E-state index in [9.17, 15) is 10.2 Å². The zero-order valence-electron chi connectivity index (χ0n) is 15.8. The Balaban J connectivity index is 1.49. The van der Waals surface area contributed by atoms with E-state index in [0.717, 1.165) is 43.4 Å². The average Bonchev–Trinajstić information content (AvgIpc) is 2.93. The van der Waals surface area contributed by atoms with Gasteiger partial charge in [0.05, 0.1) is 11.8 Å². The van der Waals surface area contributed by atoms with E-state index in [1.165, 1.54) is 11.1 Å². The summed E-state index contributed by atoms with van der Waals surface area (Å²) in [5.74, 6) is 2.08. The first-order valence-electron chi connectivity index (χ1n) is 10.2. The highest BCUT2D eigenvalue weighted by molar-refractivity contribution is 5.52. The van der Waals surface area contributed by atoms with Gasteiger partial charge in [-0.25, -0.2) is 0 Å². The first-order chi connectivity index (χ1) is 13.1. The van der Waals surface area contributed by atoms with Crippen LogP contribution in [0.25, 0.3) is 6.08 Å². The van der Waals surface area contributed by atoms with Crippen molar-refractivity contribution >= 4 is 6.08 Å². The highest BCUT2D eigenvalue weighted by atomic mass is 16.3. The van der Waals surface area contributed by atoms with Gasteiger partial charge in [-0.2, -0.15) is 0 Å². The van der Waals surface area contributed by atoms with Crippen LogP contribution in [0.3, 0.4) is 0 Å². The number of fused-ring (bicyclic) bond motifs is 5. The summed E-state index contributed by atoms with van der Waals surface area (Å²) in [4.78, 5) is 4.43. The Morgan fingerprint density at radius 2 is 2.07 bits per heavy atom. The third-order valence-corrected chi connectivity index (χ3v) is 7.60. The highest BCUT2D eigenvalue weighted by Gasteiger charge is 2.56. The summed E-state index contributed by atoms with van der Waals surface area (Å²) >= 11 is 0. The van der Waals surface area contributed by atoms with Crippen molar-refractivity contribution in [1.29, 1.82) is 0 Å². The molecule has 27 heavy (non-hydrogen) atoms. The average molecular weight is 361 g/mol. The number of hydrogen-bond acceptors (Lipinski definition) is 3. The zero-order valence-corrected chi connectivity index (χ0v) is 15.8. The number of aliphatic hydroxyl groups excluding tert-OH is 1. The molecule has 0 radical (unpaired) electrons. The number of rotatable bonds is 1. The number of aryl methyl sites for hydroxylation is 1. The molecule has 2 fully saturated rings. The van der Waals surface area contributed by atoms with E-state index in [4.69, 9.17) is 0 Å². The zero-order chi connectivity index (χ0) is 18.6. The van der Waals surface area contributed by atoms with E-state index in [-0.39, 0.29) is 11.5 Å². The summed E-state index contributed by atoms with van der Waals surface area (Å²) in [5, 5.41) is 21.0. The first kappa shape index (κ1) is 17.0. The van der Waals surface area contributed by atoms with Gasteiger partial charge in [0, 0.05) is 11.6 Å². The van der Waals surface area contributed by atoms with E-state index in [2.05, 4.69) is 24.1 Å². The lowest BCUT2D eigenvalue weighted by Gasteiger charge is -2.49. The van der Waals surface area contributed by atoms with Crippen LogP contribution in [0, 0.1) is 17.3 Å². The summed E-state index contributed by atoms with van der Waals surface area (Å²) in [7, 11) is 0. The smallest absolute Gasteiger partial charge is 0.115 e. The van der Waals surface area contributed by atoms with Crippen LogP contribution in [-0.2, 0) is 6.42 Å². The van der Waals surface area contributed by atoms with E-state index in [1.807, 2.05) is 36.5 Å². The van der Waals surface area contributed by atoms with Crippen molar-refractivity contribution in [1.82, 2.24) is 4.98 Å². The number of pyridine rings is 1. The van der Waals surface area contributed by atoms with Crippen molar-refractivity contribution < 1.29 is 10.2 Å². The molecule has 0 aliphatic heterocycles. The lowest BCUT2D eigenvalue weighted by atomic mass is 9.55. The second-order valence-electron chi connectivity index (χ2n) is 8.92. The number of aromatic nitrogens is 1.